The van der Waals surface area contributed by atoms with Crippen LogP contribution in [0.25, 0.3) is 0 Å². The molecule has 0 amide bonds. The number of alkyl halides is 3. The van der Waals surface area contributed by atoms with Crippen LogP contribution in [0.15, 0.2) is 12.1 Å². The molecule has 1 aromatic rings. The summed E-state index contributed by atoms with van der Waals surface area (Å²) in [6, 6.07) is 2.23. The van der Waals surface area contributed by atoms with Crippen LogP contribution >= 0.6 is 0 Å². The molecule has 96 valence electrons. The number of phenols is 1. The van der Waals surface area contributed by atoms with Crippen LogP contribution in [-0.2, 0) is 10.0 Å². The predicted molar refractivity (Wildman–Crippen MR) is 56.2 cm³/mol. The second kappa shape index (κ2) is 4.10. The predicted octanol–water partition coefficient (Wildman–Crippen LogP) is 2.27. The zero-order valence-corrected chi connectivity index (χ0v) is 9.78. The largest absolute Gasteiger partial charge is 0.516 e. The van der Waals surface area contributed by atoms with E-state index in [4.69, 9.17) is 0 Å². The zero-order valence-electron chi connectivity index (χ0n) is 8.96. The van der Waals surface area contributed by atoms with E-state index in [-0.39, 0.29) is 22.6 Å². The Morgan fingerprint density at radius 2 is 1.59 bits per heavy atom. The lowest BCUT2D eigenvalue weighted by atomic mass is 10.1. The average molecular weight is 269 g/mol. The number of anilines is 1. The first-order valence-electron chi connectivity index (χ1n) is 4.44. The smallest absolute Gasteiger partial charge is 0.507 e. The molecule has 0 unspecified atom stereocenters. The molecule has 0 aliphatic heterocycles. The summed E-state index contributed by atoms with van der Waals surface area (Å²) in [5.41, 5.74) is -5.04. The topological polar surface area (TPSA) is 66.4 Å². The Hall–Kier alpha value is -1.44. The van der Waals surface area contributed by atoms with Gasteiger partial charge >= 0.3 is 15.5 Å². The normalized spacial score (nSPS) is 12.5. The molecular weight excluding hydrogens is 259 g/mol. The minimum absolute atomic E-state index is 0.0834. The third-order valence-electron chi connectivity index (χ3n) is 2.05. The van der Waals surface area contributed by atoms with Crippen molar-refractivity contribution in [2.75, 3.05) is 4.72 Å². The maximum Gasteiger partial charge on any atom is 0.516 e. The van der Waals surface area contributed by atoms with Crippen molar-refractivity contribution < 1.29 is 26.7 Å². The zero-order chi connectivity index (χ0) is 13.4. The Bertz CT molecular complexity index is 514. The summed E-state index contributed by atoms with van der Waals surface area (Å²) in [6.07, 6.45) is 0. The molecule has 17 heavy (non-hydrogen) atoms. The number of benzene rings is 1. The minimum atomic E-state index is -5.43. The van der Waals surface area contributed by atoms with Gasteiger partial charge in [0, 0.05) is 5.69 Å². The molecule has 0 fully saturated rings. The molecule has 0 atom stereocenters. The van der Waals surface area contributed by atoms with E-state index < -0.39 is 15.5 Å². The van der Waals surface area contributed by atoms with Gasteiger partial charge in [0.25, 0.3) is 0 Å². The van der Waals surface area contributed by atoms with Crippen molar-refractivity contribution in [1.82, 2.24) is 0 Å². The fourth-order valence-electron chi connectivity index (χ4n) is 1.23. The summed E-state index contributed by atoms with van der Waals surface area (Å²) < 4.78 is 59.4. The fraction of sp³-hybridized carbons (Fsp3) is 0.333. The number of sulfonamides is 1. The maximum atomic E-state index is 12.1. The van der Waals surface area contributed by atoms with Crippen LogP contribution in [-0.4, -0.2) is 19.0 Å². The number of hydrogen-bond donors (Lipinski definition) is 2. The number of aryl methyl sites for hydroxylation is 2. The number of rotatable bonds is 2. The molecule has 0 aliphatic rings. The van der Waals surface area contributed by atoms with Gasteiger partial charge in [-0.3, -0.25) is 4.72 Å². The molecule has 1 rings (SSSR count). The van der Waals surface area contributed by atoms with Crippen LogP contribution in [0.3, 0.4) is 0 Å². The molecule has 0 aliphatic carbocycles. The Morgan fingerprint density at radius 1 is 1.18 bits per heavy atom. The second-order valence-corrected chi connectivity index (χ2v) is 5.18. The standard InChI is InChI=1S/C9H10F3NO3S/c1-5-3-7(4-6(2)8(5)14)13-17(15,16)9(10,11)12/h3-4,13-14H,1-2H3. The molecular formula is C9H10F3NO3S. The van der Waals surface area contributed by atoms with Gasteiger partial charge in [0.2, 0.25) is 0 Å². The van der Waals surface area contributed by atoms with Crippen molar-refractivity contribution in [3.05, 3.63) is 23.3 Å². The third kappa shape index (κ3) is 2.82. The number of hydrogen-bond acceptors (Lipinski definition) is 3. The van der Waals surface area contributed by atoms with Gasteiger partial charge in [-0.05, 0) is 37.1 Å². The summed E-state index contributed by atoms with van der Waals surface area (Å²) in [6.45, 7) is 2.90. The molecule has 0 saturated heterocycles. The van der Waals surface area contributed by atoms with E-state index >= 15 is 0 Å². The van der Waals surface area contributed by atoms with E-state index in [1.165, 1.54) is 18.6 Å². The van der Waals surface area contributed by atoms with E-state index in [1.54, 1.807) is 0 Å². The van der Waals surface area contributed by atoms with Gasteiger partial charge in [-0.1, -0.05) is 0 Å². The van der Waals surface area contributed by atoms with E-state index in [0.29, 0.717) is 0 Å². The lowest BCUT2D eigenvalue weighted by Gasteiger charge is -2.12. The van der Waals surface area contributed by atoms with Gasteiger partial charge < -0.3 is 5.11 Å². The summed E-state index contributed by atoms with van der Waals surface area (Å²) in [7, 11) is -5.43. The van der Waals surface area contributed by atoms with Crippen LogP contribution in [0.1, 0.15) is 11.1 Å². The minimum Gasteiger partial charge on any atom is -0.507 e. The van der Waals surface area contributed by atoms with Gasteiger partial charge in [-0.15, -0.1) is 0 Å². The van der Waals surface area contributed by atoms with E-state index in [2.05, 4.69) is 0 Å². The maximum absolute atomic E-state index is 12.1. The number of halogens is 3. The fourth-order valence-corrected chi connectivity index (χ4v) is 1.77. The number of phenolic OH excluding ortho intramolecular Hbond substituents is 1. The molecule has 0 aromatic heterocycles. The molecule has 8 heteroatoms. The first-order valence-corrected chi connectivity index (χ1v) is 5.92. The molecule has 0 spiro atoms. The SMILES string of the molecule is Cc1cc(NS(=O)(=O)C(F)(F)F)cc(C)c1O. The van der Waals surface area contributed by atoms with Crippen LogP contribution in [0.2, 0.25) is 0 Å². The van der Waals surface area contributed by atoms with E-state index in [9.17, 15) is 26.7 Å². The molecule has 0 heterocycles. The van der Waals surface area contributed by atoms with Crippen LogP contribution in [0, 0.1) is 13.8 Å². The highest BCUT2D eigenvalue weighted by Crippen LogP contribution is 2.29. The number of aromatic hydroxyl groups is 1. The Kier molecular flexibility index (Phi) is 3.28. The van der Waals surface area contributed by atoms with E-state index in [0.717, 1.165) is 12.1 Å². The van der Waals surface area contributed by atoms with Crippen molar-refractivity contribution in [2.24, 2.45) is 0 Å². The first kappa shape index (κ1) is 13.6. The van der Waals surface area contributed by atoms with Crippen molar-refractivity contribution in [3.8, 4) is 5.75 Å². The summed E-state index contributed by atoms with van der Waals surface area (Å²) in [5, 5.41) is 9.39. The van der Waals surface area contributed by atoms with Gasteiger partial charge in [-0.25, -0.2) is 0 Å². The molecule has 0 radical (unpaired) electrons. The lowest BCUT2D eigenvalue weighted by molar-refractivity contribution is -0.0429. The average Bonchev–Trinajstić information content (AvgIpc) is 2.11. The van der Waals surface area contributed by atoms with Crippen LogP contribution in [0.5, 0.6) is 5.75 Å². The van der Waals surface area contributed by atoms with Crippen molar-refractivity contribution in [2.45, 2.75) is 19.4 Å². The van der Waals surface area contributed by atoms with Crippen molar-refractivity contribution in [3.63, 3.8) is 0 Å². The molecule has 0 bridgehead atoms. The Balaban J connectivity index is 3.14. The molecule has 4 nitrogen and oxygen atoms in total. The second-order valence-electron chi connectivity index (χ2n) is 3.51. The molecule has 1 aromatic carbocycles. The highest BCUT2D eigenvalue weighted by atomic mass is 32.2. The van der Waals surface area contributed by atoms with Gasteiger partial charge in [0.05, 0.1) is 0 Å². The molecule has 0 saturated carbocycles. The van der Waals surface area contributed by atoms with Crippen LogP contribution in [0.4, 0.5) is 18.9 Å². The first-order chi connectivity index (χ1) is 7.54. The highest BCUT2D eigenvalue weighted by molar-refractivity contribution is 7.93. The quantitative estimate of drug-likeness (QED) is 0.809. The Labute approximate surface area is 96.1 Å². The van der Waals surface area contributed by atoms with Gasteiger partial charge in [0.1, 0.15) is 5.75 Å². The Morgan fingerprint density at radius 3 is 1.94 bits per heavy atom. The highest BCUT2D eigenvalue weighted by Gasteiger charge is 2.46. The third-order valence-corrected chi connectivity index (χ3v) is 3.16. The van der Waals surface area contributed by atoms with Gasteiger partial charge in [0.15, 0.2) is 0 Å². The van der Waals surface area contributed by atoms with Gasteiger partial charge in [-0.2, -0.15) is 21.6 Å². The van der Waals surface area contributed by atoms with Crippen LogP contribution < -0.4 is 4.72 Å². The van der Waals surface area contributed by atoms with Crippen molar-refractivity contribution in [1.29, 1.82) is 0 Å². The summed E-state index contributed by atoms with van der Waals surface area (Å²) in [4.78, 5) is 0. The summed E-state index contributed by atoms with van der Waals surface area (Å²) >= 11 is 0. The molecule has 2 N–H and O–H groups in total. The monoisotopic (exact) mass is 269 g/mol. The van der Waals surface area contributed by atoms with Crippen molar-refractivity contribution >= 4 is 15.7 Å². The number of nitrogens with one attached hydrogen (secondary N) is 1. The van der Waals surface area contributed by atoms with E-state index in [1.807, 2.05) is 0 Å². The summed E-state index contributed by atoms with van der Waals surface area (Å²) in [5.74, 6) is -0.0834. The lowest BCUT2D eigenvalue weighted by Crippen LogP contribution is -2.29.